The maximum absolute atomic E-state index is 12.4. The quantitative estimate of drug-likeness (QED) is 0.933. The molecule has 0 spiro atoms. The number of benzene rings is 1. The van der Waals surface area contributed by atoms with Gasteiger partial charge in [-0.2, -0.15) is 0 Å². The molecule has 1 heterocycles. The number of nitrogens with one attached hydrogen (secondary N) is 1. The number of hydrogen-bond donors (Lipinski definition) is 1. The fraction of sp³-hybridized carbons (Fsp3) is 0.562. The van der Waals surface area contributed by atoms with Crippen molar-refractivity contribution in [2.45, 2.75) is 44.9 Å². The van der Waals surface area contributed by atoms with Gasteiger partial charge in [0.25, 0.3) is 0 Å². The minimum atomic E-state index is -0.942. The van der Waals surface area contributed by atoms with Gasteiger partial charge in [0.15, 0.2) is 0 Å². The molecule has 1 aliphatic heterocycles. The molecule has 2 unspecified atom stereocenters. The third-order valence-corrected chi connectivity index (χ3v) is 5.61. The maximum Gasteiger partial charge on any atom is 0.322 e. The second-order valence-corrected chi connectivity index (χ2v) is 8.77. The second-order valence-electron chi connectivity index (χ2n) is 6.45. The van der Waals surface area contributed by atoms with E-state index >= 15 is 0 Å². The number of anilines is 1. The summed E-state index contributed by atoms with van der Waals surface area (Å²) in [6, 6.07) is 8.05. The lowest BCUT2D eigenvalue weighted by atomic mass is 10.1. The summed E-state index contributed by atoms with van der Waals surface area (Å²) in [7, 11) is -0.942. The van der Waals surface area contributed by atoms with Crippen LogP contribution in [0.2, 0.25) is 0 Å². The van der Waals surface area contributed by atoms with E-state index in [1.807, 2.05) is 45.9 Å². The van der Waals surface area contributed by atoms with Crippen molar-refractivity contribution in [2.24, 2.45) is 0 Å². The highest BCUT2D eigenvalue weighted by atomic mass is 32.2. The van der Waals surface area contributed by atoms with Crippen molar-refractivity contribution < 1.29 is 9.00 Å². The van der Waals surface area contributed by atoms with Gasteiger partial charge in [0.2, 0.25) is 0 Å². The standard InChI is InChI=1S/C16H24N2O2S/c1-12-11-13-7-5-6-8-14(13)18(12)15(19)17-9-10-21(20)16(2,3)4/h5-8,12H,9-11H2,1-4H3,(H,17,19). The molecular weight excluding hydrogens is 284 g/mol. The largest absolute Gasteiger partial charge is 0.337 e. The average molecular weight is 308 g/mol. The van der Waals surface area contributed by atoms with Gasteiger partial charge in [-0.15, -0.1) is 0 Å². The molecule has 0 fully saturated rings. The van der Waals surface area contributed by atoms with Crippen LogP contribution in [0.3, 0.4) is 0 Å². The lowest BCUT2D eigenvalue weighted by molar-refractivity contribution is 0.245. The highest BCUT2D eigenvalue weighted by molar-refractivity contribution is 7.86. The molecule has 5 heteroatoms. The van der Waals surface area contributed by atoms with Crippen LogP contribution in [0.4, 0.5) is 10.5 Å². The van der Waals surface area contributed by atoms with Gasteiger partial charge >= 0.3 is 6.03 Å². The molecule has 2 amide bonds. The smallest absolute Gasteiger partial charge is 0.322 e. The number of para-hydroxylation sites is 1. The van der Waals surface area contributed by atoms with Gasteiger partial charge in [-0.25, -0.2) is 4.79 Å². The Morgan fingerprint density at radius 2 is 2.05 bits per heavy atom. The number of rotatable bonds is 3. The Hall–Kier alpha value is -1.36. The predicted octanol–water partition coefficient (Wildman–Crippen LogP) is 2.69. The van der Waals surface area contributed by atoms with Crippen LogP contribution in [-0.4, -0.2) is 33.3 Å². The van der Waals surface area contributed by atoms with Gasteiger partial charge in [-0.1, -0.05) is 18.2 Å². The zero-order valence-electron chi connectivity index (χ0n) is 13.2. The summed E-state index contributed by atoms with van der Waals surface area (Å²) in [6.07, 6.45) is 0.886. The van der Waals surface area contributed by atoms with Crippen molar-refractivity contribution in [3.63, 3.8) is 0 Å². The van der Waals surface area contributed by atoms with Crippen LogP contribution < -0.4 is 10.2 Å². The zero-order valence-corrected chi connectivity index (χ0v) is 14.0. The number of carbonyl (C=O) groups is 1. The fourth-order valence-corrected chi connectivity index (χ4v) is 3.42. The van der Waals surface area contributed by atoms with Gasteiger partial charge in [0.05, 0.1) is 0 Å². The first-order valence-electron chi connectivity index (χ1n) is 7.34. The van der Waals surface area contributed by atoms with Crippen molar-refractivity contribution in [2.75, 3.05) is 17.2 Å². The third-order valence-electron chi connectivity index (χ3n) is 3.67. The third kappa shape index (κ3) is 3.64. The second kappa shape index (κ2) is 6.18. The Kier molecular flexibility index (Phi) is 4.71. The summed E-state index contributed by atoms with van der Waals surface area (Å²) in [5.74, 6) is 0.485. The molecule has 0 aliphatic carbocycles. The Labute approximate surface area is 129 Å². The molecular formula is C16H24N2O2S. The molecule has 116 valence electrons. The van der Waals surface area contributed by atoms with Gasteiger partial charge in [0.1, 0.15) is 0 Å². The Morgan fingerprint density at radius 3 is 2.71 bits per heavy atom. The number of carbonyl (C=O) groups excluding carboxylic acids is 1. The SMILES string of the molecule is CC1Cc2ccccc2N1C(=O)NCCS(=O)C(C)(C)C. The normalized spacial score (nSPS) is 19.2. The van der Waals surface area contributed by atoms with E-state index in [-0.39, 0.29) is 16.8 Å². The summed E-state index contributed by atoms with van der Waals surface area (Å²) >= 11 is 0. The van der Waals surface area contributed by atoms with Crippen LogP contribution in [0.25, 0.3) is 0 Å². The number of nitrogens with zero attached hydrogens (tertiary/aromatic N) is 1. The predicted molar refractivity (Wildman–Crippen MR) is 88.2 cm³/mol. The van der Waals surface area contributed by atoms with E-state index in [0.29, 0.717) is 12.3 Å². The van der Waals surface area contributed by atoms with Crippen molar-refractivity contribution >= 4 is 22.5 Å². The molecule has 0 saturated carbocycles. The number of hydrogen-bond acceptors (Lipinski definition) is 2. The van der Waals surface area contributed by atoms with Crippen molar-refractivity contribution in [3.05, 3.63) is 29.8 Å². The minimum Gasteiger partial charge on any atom is -0.337 e. The molecule has 1 N–H and O–H groups in total. The van der Waals surface area contributed by atoms with Crippen LogP contribution in [0.1, 0.15) is 33.3 Å². The molecule has 1 aliphatic rings. The molecule has 21 heavy (non-hydrogen) atoms. The molecule has 4 nitrogen and oxygen atoms in total. The zero-order chi connectivity index (χ0) is 15.6. The van der Waals surface area contributed by atoms with Gasteiger partial charge in [0, 0.05) is 39.6 Å². The molecule has 1 aromatic rings. The summed E-state index contributed by atoms with van der Waals surface area (Å²) in [6.45, 7) is 8.33. The Bertz CT molecular complexity index is 551. The van der Waals surface area contributed by atoms with E-state index in [1.165, 1.54) is 5.56 Å². The first-order valence-corrected chi connectivity index (χ1v) is 8.66. The van der Waals surface area contributed by atoms with Crippen LogP contribution in [-0.2, 0) is 17.2 Å². The lowest BCUT2D eigenvalue weighted by Gasteiger charge is -2.24. The molecule has 1 aromatic carbocycles. The van der Waals surface area contributed by atoms with E-state index < -0.39 is 10.8 Å². The highest BCUT2D eigenvalue weighted by Gasteiger charge is 2.30. The molecule has 0 radical (unpaired) electrons. The van der Waals surface area contributed by atoms with Crippen LogP contribution in [0, 0.1) is 0 Å². The van der Waals surface area contributed by atoms with Crippen molar-refractivity contribution in [1.82, 2.24) is 5.32 Å². The maximum atomic E-state index is 12.4. The lowest BCUT2D eigenvalue weighted by Crippen LogP contribution is -2.44. The molecule has 0 aromatic heterocycles. The Morgan fingerprint density at radius 1 is 1.38 bits per heavy atom. The topological polar surface area (TPSA) is 49.4 Å². The van der Waals surface area contributed by atoms with E-state index in [0.717, 1.165) is 12.1 Å². The molecule has 2 atom stereocenters. The monoisotopic (exact) mass is 308 g/mol. The first kappa shape index (κ1) is 16.0. The summed E-state index contributed by atoms with van der Waals surface area (Å²) in [5, 5.41) is 2.89. The van der Waals surface area contributed by atoms with Crippen molar-refractivity contribution in [1.29, 1.82) is 0 Å². The van der Waals surface area contributed by atoms with E-state index in [1.54, 1.807) is 4.90 Å². The number of urea groups is 1. The highest BCUT2D eigenvalue weighted by Crippen LogP contribution is 2.31. The van der Waals surface area contributed by atoms with Crippen LogP contribution >= 0.6 is 0 Å². The fourth-order valence-electron chi connectivity index (χ4n) is 2.52. The molecule has 2 rings (SSSR count). The molecule has 0 bridgehead atoms. The van der Waals surface area contributed by atoms with Gasteiger partial charge in [-0.05, 0) is 45.7 Å². The summed E-state index contributed by atoms with van der Waals surface area (Å²) in [5.41, 5.74) is 2.19. The van der Waals surface area contributed by atoms with E-state index in [9.17, 15) is 9.00 Å². The van der Waals surface area contributed by atoms with Gasteiger partial charge < -0.3 is 5.32 Å². The number of amides is 2. The summed E-state index contributed by atoms with van der Waals surface area (Å²) in [4.78, 5) is 14.2. The van der Waals surface area contributed by atoms with Crippen molar-refractivity contribution in [3.8, 4) is 0 Å². The molecule has 0 saturated heterocycles. The number of fused-ring (bicyclic) bond motifs is 1. The minimum absolute atomic E-state index is 0.0987. The first-order chi connectivity index (χ1) is 9.80. The summed E-state index contributed by atoms with van der Waals surface area (Å²) < 4.78 is 11.7. The van der Waals surface area contributed by atoms with E-state index in [2.05, 4.69) is 11.4 Å². The van der Waals surface area contributed by atoms with Crippen LogP contribution in [0.15, 0.2) is 24.3 Å². The van der Waals surface area contributed by atoms with Crippen LogP contribution in [0.5, 0.6) is 0 Å². The Balaban J connectivity index is 1.94. The average Bonchev–Trinajstić information content (AvgIpc) is 2.73. The van der Waals surface area contributed by atoms with E-state index in [4.69, 9.17) is 0 Å². The van der Waals surface area contributed by atoms with Gasteiger partial charge in [-0.3, -0.25) is 9.11 Å².